The van der Waals surface area contributed by atoms with Gasteiger partial charge in [0, 0.05) is 34.5 Å². The second-order valence-corrected chi connectivity index (χ2v) is 9.73. The zero-order chi connectivity index (χ0) is 22.5. The van der Waals surface area contributed by atoms with Crippen molar-refractivity contribution in [3.63, 3.8) is 0 Å². The predicted molar refractivity (Wildman–Crippen MR) is 133 cm³/mol. The highest BCUT2D eigenvalue weighted by Crippen LogP contribution is 2.37. The van der Waals surface area contributed by atoms with Gasteiger partial charge >= 0.3 is 0 Å². The summed E-state index contributed by atoms with van der Waals surface area (Å²) in [7, 11) is 1.63. The van der Waals surface area contributed by atoms with Crippen LogP contribution >= 0.6 is 34.7 Å². The number of ether oxygens (including phenoxy) is 1. The molecule has 0 unspecified atom stereocenters. The first-order chi connectivity index (χ1) is 15.5. The molecule has 0 bridgehead atoms. The van der Waals surface area contributed by atoms with Gasteiger partial charge in [0.2, 0.25) is 5.91 Å². The number of rotatable bonds is 8. The van der Waals surface area contributed by atoms with Crippen LogP contribution in [0, 0.1) is 6.92 Å². The molecule has 5 nitrogen and oxygen atoms in total. The maximum Gasteiger partial charge on any atom is 0.229 e. The molecule has 164 valence electrons. The van der Waals surface area contributed by atoms with Gasteiger partial charge in [0.15, 0.2) is 5.13 Å². The van der Waals surface area contributed by atoms with E-state index in [9.17, 15) is 4.79 Å². The smallest absolute Gasteiger partial charge is 0.229 e. The Hall–Kier alpha value is -2.61. The van der Waals surface area contributed by atoms with E-state index < -0.39 is 0 Å². The normalized spacial score (nSPS) is 11.0. The van der Waals surface area contributed by atoms with E-state index in [-0.39, 0.29) is 5.91 Å². The number of carbonyl (C=O) groups is 1. The van der Waals surface area contributed by atoms with Crippen LogP contribution in [0.4, 0.5) is 5.13 Å². The maximum absolute atomic E-state index is 13.3. The average Bonchev–Trinajstić information content (AvgIpc) is 3.26. The number of fused-ring (bicyclic) bond motifs is 1. The molecule has 0 spiro atoms. The number of halogens is 1. The van der Waals surface area contributed by atoms with Crippen LogP contribution in [0.2, 0.25) is 5.02 Å². The average molecular weight is 484 g/mol. The second-order valence-electron chi connectivity index (χ2n) is 7.15. The Labute approximate surface area is 200 Å². The minimum Gasteiger partial charge on any atom is -0.494 e. The van der Waals surface area contributed by atoms with Crippen molar-refractivity contribution in [2.45, 2.75) is 24.8 Å². The molecule has 1 amide bonds. The van der Waals surface area contributed by atoms with Crippen molar-refractivity contribution in [2.75, 3.05) is 17.8 Å². The Balaban J connectivity index is 1.58. The van der Waals surface area contributed by atoms with E-state index >= 15 is 0 Å². The molecule has 4 rings (SSSR count). The standard InChI is InChI=1S/C24H22ClN3O2S2/c1-16-5-10-20(30-2)22-23(16)32-24(27-22)28(15-17-4-3-12-26-14-17)21(29)11-13-31-19-8-6-18(25)7-9-19/h3-10,12,14H,11,13,15H2,1-2H3. The molecule has 8 heteroatoms. The Morgan fingerprint density at radius 3 is 2.72 bits per heavy atom. The molecule has 0 N–H and O–H groups in total. The third-order valence-electron chi connectivity index (χ3n) is 4.91. The minimum atomic E-state index is 0.0194. The SMILES string of the molecule is COc1ccc(C)c2sc(N(Cc3cccnc3)C(=O)CCSc3ccc(Cl)cc3)nc12. The summed E-state index contributed by atoms with van der Waals surface area (Å²) in [6.07, 6.45) is 3.89. The quantitative estimate of drug-likeness (QED) is 0.272. The molecule has 0 saturated carbocycles. The highest BCUT2D eigenvalue weighted by molar-refractivity contribution is 7.99. The molecule has 0 atom stereocenters. The largest absolute Gasteiger partial charge is 0.494 e. The number of hydrogen-bond donors (Lipinski definition) is 0. The lowest BCUT2D eigenvalue weighted by Gasteiger charge is -2.20. The summed E-state index contributed by atoms with van der Waals surface area (Å²) in [5, 5.41) is 1.37. The van der Waals surface area contributed by atoms with Gasteiger partial charge in [0.1, 0.15) is 11.3 Å². The van der Waals surface area contributed by atoms with Gasteiger partial charge in [-0.2, -0.15) is 0 Å². The number of thiazole rings is 1. The molecule has 2 aromatic carbocycles. The minimum absolute atomic E-state index is 0.0194. The first-order valence-corrected chi connectivity index (χ1v) is 12.2. The van der Waals surface area contributed by atoms with Crippen LogP contribution in [0.1, 0.15) is 17.5 Å². The van der Waals surface area contributed by atoms with E-state index in [1.54, 1.807) is 36.2 Å². The molecule has 0 aliphatic carbocycles. The third kappa shape index (κ3) is 5.23. The number of nitrogens with zero attached hydrogens (tertiary/aromatic N) is 3. The fourth-order valence-electron chi connectivity index (χ4n) is 3.24. The third-order valence-corrected chi connectivity index (χ3v) is 7.39. The van der Waals surface area contributed by atoms with Crippen LogP contribution in [-0.4, -0.2) is 28.7 Å². The van der Waals surface area contributed by atoms with Crippen LogP contribution in [0.5, 0.6) is 5.75 Å². The topological polar surface area (TPSA) is 55.3 Å². The van der Waals surface area contributed by atoms with Crippen LogP contribution in [0.3, 0.4) is 0 Å². The van der Waals surface area contributed by atoms with Crippen molar-refractivity contribution < 1.29 is 9.53 Å². The zero-order valence-corrected chi connectivity index (χ0v) is 20.1. The second kappa shape index (κ2) is 10.3. The number of hydrogen-bond acceptors (Lipinski definition) is 6. The summed E-state index contributed by atoms with van der Waals surface area (Å²) in [5.74, 6) is 1.39. The summed E-state index contributed by atoms with van der Waals surface area (Å²) in [6, 6.07) is 15.4. The number of thioether (sulfide) groups is 1. The van der Waals surface area contributed by atoms with E-state index in [1.807, 2.05) is 55.5 Å². The van der Waals surface area contributed by atoms with Gasteiger partial charge < -0.3 is 4.74 Å². The van der Waals surface area contributed by atoms with Gasteiger partial charge in [0.25, 0.3) is 0 Å². The molecular weight excluding hydrogens is 462 g/mol. The van der Waals surface area contributed by atoms with Crippen molar-refractivity contribution in [3.05, 3.63) is 77.1 Å². The number of carbonyl (C=O) groups excluding carboxylic acids is 1. The number of pyridine rings is 1. The van der Waals surface area contributed by atoms with Gasteiger partial charge in [0.05, 0.1) is 18.4 Å². The summed E-state index contributed by atoms with van der Waals surface area (Å²) in [6.45, 7) is 2.46. The highest BCUT2D eigenvalue weighted by Gasteiger charge is 2.22. The first kappa shape index (κ1) is 22.6. The van der Waals surface area contributed by atoms with E-state index in [0.29, 0.717) is 34.6 Å². The molecule has 2 aromatic heterocycles. The molecule has 0 radical (unpaired) electrons. The fraction of sp³-hybridized carbons (Fsp3) is 0.208. The lowest BCUT2D eigenvalue weighted by Crippen LogP contribution is -2.30. The van der Waals surface area contributed by atoms with Crippen LogP contribution in [-0.2, 0) is 11.3 Å². The molecule has 0 saturated heterocycles. The summed E-state index contributed by atoms with van der Waals surface area (Å²) in [5.41, 5.74) is 2.85. The molecule has 0 aliphatic heterocycles. The lowest BCUT2D eigenvalue weighted by molar-refractivity contribution is -0.118. The van der Waals surface area contributed by atoms with E-state index in [2.05, 4.69) is 4.98 Å². The van der Waals surface area contributed by atoms with Gasteiger partial charge in [-0.1, -0.05) is 35.1 Å². The molecule has 2 heterocycles. The molecule has 32 heavy (non-hydrogen) atoms. The van der Waals surface area contributed by atoms with Gasteiger partial charge in [-0.15, -0.1) is 11.8 Å². The number of amides is 1. The molecular formula is C24H22ClN3O2S2. The van der Waals surface area contributed by atoms with Crippen molar-refractivity contribution >= 4 is 56.0 Å². The van der Waals surface area contributed by atoms with Gasteiger partial charge in [-0.05, 0) is 54.4 Å². The van der Waals surface area contributed by atoms with Crippen LogP contribution < -0.4 is 9.64 Å². The van der Waals surface area contributed by atoms with E-state index in [1.165, 1.54) is 11.3 Å². The zero-order valence-electron chi connectivity index (χ0n) is 17.7. The summed E-state index contributed by atoms with van der Waals surface area (Å²) in [4.78, 5) is 25.1. The fourth-order valence-corrected chi connectivity index (χ4v) is 5.27. The van der Waals surface area contributed by atoms with E-state index in [4.69, 9.17) is 21.3 Å². The first-order valence-electron chi connectivity index (χ1n) is 10.1. The van der Waals surface area contributed by atoms with Crippen molar-refractivity contribution in [2.24, 2.45) is 0 Å². The van der Waals surface area contributed by atoms with Crippen LogP contribution in [0.15, 0.2) is 65.8 Å². The molecule has 4 aromatic rings. The number of benzene rings is 2. The summed E-state index contributed by atoms with van der Waals surface area (Å²) < 4.78 is 6.52. The van der Waals surface area contributed by atoms with E-state index in [0.717, 1.165) is 26.2 Å². The maximum atomic E-state index is 13.3. The number of methoxy groups -OCH3 is 1. The Kier molecular flexibility index (Phi) is 7.29. The number of anilines is 1. The number of aryl methyl sites for hydroxylation is 1. The summed E-state index contributed by atoms with van der Waals surface area (Å²) >= 11 is 9.11. The lowest BCUT2D eigenvalue weighted by atomic mass is 10.2. The predicted octanol–water partition coefficient (Wildman–Crippen LogP) is 6.38. The molecule has 0 aliphatic rings. The molecule has 0 fully saturated rings. The Morgan fingerprint density at radius 1 is 1.19 bits per heavy atom. The van der Waals surface area contributed by atoms with Crippen molar-refractivity contribution in [1.29, 1.82) is 0 Å². The van der Waals surface area contributed by atoms with Gasteiger partial charge in [-0.3, -0.25) is 14.7 Å². The highest BCUT2D eigenvalue weighted by atomic mass is 35.5. The van der Waals surface area contributed by atoms with Crippen molar-refractivity contribution in [3.8, 4) is 5.75 Å². The van der Waals surface area contributed by atoms with Crippen LogP contribution in [0.25, 0.3) is 10.2 Å². The van der Waals surface area contributed by atoms with Crippen molar-refractivity contribution in [1.82, 2.24) is 9.97 Å². The Morgan fingerprint density at radius 2 is 2.00 bits per heavy atom. The Bertz CT molecular complexity index is 1210. The van der Waals surface area contributed by atoms with Gasteiger partial charge in [-0.25, -0.2) is 4.98 Å². The monoisotopic (exact) mass is 483 g/mol. The number of aromatic nitrogens is 2.